The molecule has 0 fully saturated rings. The van der Waals surface area contributed by atoms with E-state index in [2.05, 4.69) is 15.9 Å². The van der Waals surface area contributed by atoms with Gasteiger partial charge in [0.05, 0.1) is 15.7 Å². The number of benzene rings is 1. The molecule has 0 aliphatic carbocycles. The first-order valence-corrected chi connectivity index (χ1v) is 4.83. The van der Waals surface area contributed by atoms with Crippen LogP contribution in [-0.2, 0) is 7.05 Å². The number of nitrogens with zero attached hydrogens (tertiary/aromatic N) is 1. The van der Waals surface area contributed by atoms with Crippen LogP contribution in [0.2, 0.25) is 0 Å². The van der Waals surface area contributed by atoms with Crippen LogP contribution < -0.4 is 0 Å². The van der Waals surface area contributed by atoms with Gasteiger partial charge in [0, 0.05) is 12.4 Å². The van der Waals surface area contributed by atoms with Crippen molar-refractivity contribution in [3.05, 3.63) is 34.2 Å². The molecule has 0 aliphatic heterocycles. The minimum atomic E-state index is -0.303. The molecule has 0 saturated carbocycles. The monoisotopic (exact) mass is 255 g/mol. The van der Waals surface area contributed by atoms with Crippen molar-refractivity contribution in [2.24, 2.45) is 7.05 Å². The van der Waals surface area contributed by atoms with Crippen molar-refractivity contribution >= 4 is 33.1 Å². The second kappa shape index (κ2) is 3.20. The lowest BCUT2D eigenvalue weighted by Gasteiger charge is -1.96. The lowest BCUT2D eigenvalue weighted by Crippen LogP contribution is -1.94. The van der Waals surface area contributed by atoms with Gasteiger partial charge in [0.1, 0.15) is 5.82 Å². The fourth-order valence-corrected chi connectivity index (χ4v) is 2.21. The molecule has 0 spiro atoms. The molecule has 0 saturated heterocycles. The van der Waals surface area contributed by atoms with Crippen molar-refractivity contribution in [3.63, 3.8) is 0 Å². The third kappa shape index (κ3) is 1.18. The van der Waals surface area contributed by atoms with Crippen molar-refractivity contribution < 1.29 is 9.18 Å². The van der Waals surface area contributed by atoms with Crippen LogP contribution in [0, 0.1) is 5.82 Å². The number of hydrogen-bond acceptors (Lipinski definition) is 1. The molecule has 0 atom stereocenters. The molecule has 0 N–H and O–H groups in total. The highest BCUT2D eigenvalue weighted by molar-refractivity contribution is 9.10. The van der Waals surface area contributed by atoms with Crippen molar-refractivity contribution in [1.29, 1.82) is 0 Å². The van der Waals surface area contributed by atoms with E-state index in [4.69, 9.17) is 0 Å². The van der Waals surface area contributed by atoms with E-state index in [-0.39, 0.29) is 5.82 Å². The number of carbonyl (C=O) groups is 1. The third-order valence-corrected chi connectivity index (χ3v) is 3.09. The van der Waals surface area contributed by atoms with Crippen LogP contribution in [0.4, 0.5) is 4.39 Å². The van der Waals surface area contributed by atoms with Crippen LogP contribution in [0.15, 0.2) is 22.7 Å². The normalized spacial score (nSPS) is 10.8. The Morgan fingerprint density at radius 3 is 2.86 bits per heavy atom. The molecule has 2 aromatic rings. The summed E-state index contributed by atoms with van der Waals surface area (Å²) < 4.78 is 15.3. The number of rotatable bonds is 1. The number of hydrogen-bond donors (Lipinski definition) is 0. The van der Waals surface area contributed by atoms with E-state index >= 15 is 0 Å². The first kappa shape index (κ1) is 9.40. The summed E-state index contributed by atoms with van der Waals surface area (Å²) in [6, 6.07) is 4.44. The first-order chi connectivity index (χ1) is 6.65. The molecule has 1 heterocycles. The summed E-state index contributed by atoms with van der Waals surface area (Å²) in [5.74, 6) is -0.303. The Balaban J connectivity index is 2.94. The highest BCUT2D eigenvalue weighted by Gasteiger charge is 2.12. The smallest absolute Gasteiger partial charge is 0.167 e. The van der Waals surface area contributed by atoms with Gasteiger partial charge in [-0.2, -0.15) is 0 Å². The molecule has 0 radical (unpaired) electrons. The van der Waals surface area contributed by atoms with Gasteiger partial charge in [-0.15, -0.1) is 0 Å². The highest BCUT2D eigenvalue weighted by Crippen LogP contribution is 2.29. The number of aldehydes is 1. The van der Waals surface area contributed by atoms with Gasteiger partial charge >= 0.3 is 0 Å². The molecule has 14 heavy (non-hydrogen) atoms. The van der Waals surface area contributed by atoms with Crippen LogP contribution >= 0.6 is 15.9 Å². The maximum absolute atomic E-state index is 12.9. The lowest BCUT2D eigenvalue weighted by atomic mass is 10.2. The Morgan fingerprint density at radius 2 is 2.21 bits per heavy atom. The van der Waals surface area contributed by atoms with Gasteiger partial charge in [-0.3, -0.25) is 4.79 Å². The summed E-state index contributed by atoms with van der Waals surface area (Å²) in [6.07, 6.45) is 0.752. The summed E-state index contributed by atoms with van der Waals surface area (Å²) >= 11 is 3.31. The van der Waals surface area contributed by atoms with Crippen LogP contribution in [-0.4, -0.2) is 10.9 Å². The van der Waals surface area contributed by atoms with Crippen LogP contribution in [0.25, 0.3) is 10.9 Å². The van der Waals surface area contributed by atoms with Gasteiger partial charge in [0.2, 0.25) is 0 Å². The molecular weight excluding hydrogens is 249 g/mol. The molecular formula is C10H7BrFNO. The molecule has 1 aromatic carbocycles. The quantitative estimate of drug-likeness (QED) is 0.719. The van der Waals surface area contributed by atoms with E-state index < -0.39 is 0 Å². The number of aromatic nitrogens is 1. The molecule has 0 bridgehead atoms. The number of aryl methyl sites for hydroxylation is 1. The standard InChI is InChI=1S/C10H7BrFNO/c1-13-8-4-6(12)2-3-7(8)10(11)9(13)5-14/h2-5H,1H3. The summed E-state index contributed by atoms with van der Waals surface area (Å²) in [4.78, 5) is 10.8. The zero-order valence-electron chi connectivity index (χ0n) is 7.42. The maximum atomic E-state index is 12.9. The Hall–Kier alpha value is -1.16. The molecule has 0 aliphatic rings. The SMILES string of the molecule is Cn1c(C=O)c(Br)c2ccc(F)cc21. The van der Waals surface area contributed by atoms with Crippen molar-refractivity contribution in [3.8, 4) is 0 Å². The largest absolute Gasteiger partial charge is 0.340 e. The zero-order valence-corrected chi connectivity index (χ0v) is 9.01. The second-order valence-electron chi connectivity index (χ2n) is 3.04. The summed E-state index contributed by atoms with van der Waals surface area (Å²) in [5, 5.41) is 0.844. The number of carbonyl (C=O) groups excluding carboxylic acids is 1. The van der Waals surface area contributed by atoms with E-state index in [1.54, 1.807) is 17.7 Å². The number of halogens is 2. The topological polar surface area (TPSA) is 22.0 Å². The minimum Gasteiger partial charge on any atom is -0.340 e. The van der Waals surface area contributed by atoms with E-state index in [9.17, 15) is 9.18 Å². The number of fused-ring (bicyclic) bond motifs is 1. The average Bonchev–Trinajstić information content (AvgIpc) is 2.39. The van der Waals surface area contributed by atoms with Gasteiger partial charge in [-0.25, -0.2) is 4.39 Å². The molecule has 4 heteroatoms. The van der Waals surface area contributed by atoms with Gasteiger partial charge in [-0.05, 0) is 34.1 Å². The third-order valence-electron chi connectivity index (χ3n) is 2.26. The highest BCUT2D eigenvalue weighted by atomic mass is 79.9. The molecule has 2 nitrogen and oxygen atoms in total. The lowest BCUT2D eigenvalue weighted by molar-refractivity contribution is 0.111. The Morgan fingerprint density at radius 1 is 1.50 bits per heavy atom. The van der Waals surface area contributed by atoms with Crippen LogP contribution in [0.3, 0.4) is 0 Å². The van der Waals surface area contributed by atoms with Crippen molar-refractivity contribution in [2.75, 3.05) is 0 Å². The summed E-state index contributed by atoms with van der Waals surface area (Å²) in [6.45, 7) is 0. The van der Waals surface area contributed by atoms with Crippen LogP contribution in [0.5, 0.6) is 0 Å². The first-order valence-electron chi connectivity index (χ1n) is 4.03. The zero-order chi connectivity index (χ0) is 10.3. The fraction of sp³-hybridized carbons (Fsp3) is 0.100. The predicted molar refractivity (Wildman–Crippen MR) is 56.0 cm³/mol. The molecule has 1 aromatic heterocycles. The maximum Gasteiger partial charge on any atom is 0.167 e. The van der Waals surface area contributed by atoms with E-state index in [0.29, 0.717) is 15.7 Å². The molecule has 0 amide bonds. The van der Waals surface area contributed by atoms with E-state index in [1.807, 2.05) is 0 Å². The summed E-state index contributed by atoms with van der Waals surface area (Å²) in [5.41, 5.74) is 1.23. The fourth-order valence-electron chi connectivity index (χ4n) is 1.51. The van der Waals surface area contributed by atoms with Crippen molar-refractivity contribution in [1.82, 2.24) is 4.57 Å². The van der Waals surface area contributed by atoms with Gasteiger partial charge < -0.3 is 4.57 Å². The van der Waals surface area contributed by atoms with Gasteiger partial charge in [0.25, 0.3) is 0 Å². The van der Waals surface area contributed by atoms with E-state index in [1.165, 1.54) is 12.1 Å². The Bertz CT molecular complexity index is 518. The minimum absolute atomic E-state index is 0.303. The molecule has 2 rings (SSSR count). The van der Waals surface area contributed by atoms with Gasteiger partial charge in [0.15, 0.2) is 6.29 Å². The average molecular weight is 256 g/mol. The van der Waals surface area contributed by atoms with Crippen molar-refractivity contribution in [2.45, 2.75) is 0 Å². The molecule has 72 valence electrons. The molecule has 0 unspecified atom stereocenters. The van der Waals surface area contributed by atoms with Crippen LogP contribution in [0.1, 0.15) is 10.5 Å². The Kier molecular flexibility index (Phi) is 2.15. The van der Waals surface area contributed by atoms with E-state index in [0.717, 1.165) is 11.7 Å². The predicted octanol–water partition coefficient (Wildman–Crippen LogP) is 2.89. The van der Waals surface area contributed by atoms with Gasteiger partial charge in [-0.1, -0.05) is 0 Å². The summed E-state index contributed by atoms with van der Waals surface area (Å²) in [7, 11) is 1.73. The Labute approximate surface area is 88.5 Å². The second-order valence-corrected chi connectivity index (χ2v) is 3.83.